The molecule has 0 aliphatic carbocycles. The highest BCUT2D eigenvalue weighted by Gasteiger charge is 2.24. The lowest BCUT2D eigenvalue weighted by molar-refractivity contribution is 0.105. The number of Topliss-reactive ketones (excluding diaryl/α,β-unsaturated/α-hetero) is 1. The number of carbonyl (C=O) groups excluding carboxylic acids is 1. The summed E-state index contributed by atoms with van der Waals surface area (Å²) in [5, 5.41) is 8.66. The summed E-state index contributed by atoms with van der Waals surface area (Å²) >= 11 is 0. The quantitative estimate of drug-likeness (QED) is 0.203. The normalized spacial score (nSPS) is 11.9. The molecule has 5 rings (SSSR count). The van der Waals surface area contributed by atoms with E-state index in [1.165, 1.54) is 12.1 Å². The minimum Gasteiger partial charge on any atom is -0.289 e. The number of nitrogens with zero attached hydrogens (tertiary/aromatic N) is 3. The van der Waals surface area contributed by atoms with E-state index < -0.39 is 0 Å². The Balaban J connectivity index is 1.88. The Morgan fingerprint density at radius 2 is 1.25 bits per heavy atom. The lowest BCUT2D eigenvalue weighted by atomic mass is 9.92. The molecule has 32 heavy (non-hydrogen) atoms. The van der Waals surface area contributed by atoms with Crippen LogP contribution in [0.25, 0.3) is 22.3 Å². The molecule has 5 heteroatoms. The van der Waals surface area contributed by atoms with E-state index in [9.17, 15) is 9.18 Å². The first kappa shape index (κ1) is 19.6. The molecular weight excluding hydrogens is 401 g/mol. The van der Waals surface area contributed by atoms with Gasteiger partial charge in [0.15, 0.2) is 5.78 Å². The summed E-state index contributed by atoms with van der Waals surface area (Å²) in [7, 11) is 0. The fraction of sp³-hybridized carbons (Fsp3) is 0. The molecule has 0 spiro atoms. The van der Waals surface area contributed by atoms with Crippen LogP contribution >= 0.6 is 0 Å². The summed E-state index contributed by atoms with van der Waals surface area (Å²) in [6.07, 6.45) is 0. The third-order valence-corrected chi connectivity index (χ3v) is 5.24. The van der Waals surface area contributed by atoms with Crippen molar-refractivity contribution in [3.63, 3.8) is 0 Å². The summed E-state index contributed by atoms with van der Waals surface area (Å²) in [6.45, 7) is 0. The summed E-state index contributed by atoms with van der Waals surface area (Å²) in [5.74, 6) is -0.511. The maximum atomic E-state index is 13.9. The topological polar surface area (TPSA) is 47.8 Å². The van der Waals surface area contributed by atoms with Crippen LogP contribution in [0.1, 0.15) is 21.5 Å². The molecule has 0 amide bonds. The molecule has 0 saturated heterocycles. The molecule has 4 aromatic carbocycles. The number of halogens is 1. The van der Waals surface area contributed by atoms with Gasteiger partial charge in [0.1, 0.15) is 11.3 Å². The minimum absolute atomic E-state index is 0.157. The third-order valence-electron chi connectivity index (χ3n) is 5.24. The fourth-order valence-corrected chi connectivity index (χ4v) is 3.73. The number of rotatable bonds is 5. The zero-order chi connectivity index (χ0) is 21.9. The molecule has 1 heterocycles. The maximum absolute atomic E-state index is 13.9. The first-order valence-electron chi connectivity index (χ1n) is 10.2. The highest BCUT2D eigenvalue weighted by Crippen LogP contribution is 2.32. The molecule has 1 aromatic heterocycles. The molecule has 0 fully saturated rings. The standard InChI is InChI=1S/C27H18FN3O/c28-22-17-15-20(16-18-22)26(31-24-14-8-7-13-23(24)29-30-31)25(19-9-3-1-4-10-19)27(32)21-11-5-2-6-12-21/h1-18H/b26-25+. The average Bonchev–Trinajstić information content (AvgIpc) is 3.28. The van der Waals surface area contributed by atoms with Gasteiger partial charge in [0.25, 0.3) is 0 Å². The highest BCUT2D eigenvalue weighted by molar-refractivity contribution is 6.34. The molecule has 0 radical (unpaired) electrons. The summed E-state index contributed by atoms with van der Waals surface area (Å²) < 4.78 is 15.4. The molecule has 0 bridgehead atoms. The number of para-hydroxylation sites is 1. The van der Waals surface area contributed by atoms with E-state index in [4.69, 9.17) is 0 Å². The molecule has 0 N–H and O–H groups in total. The highest BCUT2D eigenvalue weighted by atomic mass is 19.1. The smallest absolute Gasteiger partial charge is 0.195 e. The summed E-state index contributed by atoms with van der Waals surface area (Å²) in [6, 6.07) is 32.2. The number of carbonyl (C=O) groups is 1. The summed E-state index contributed by atoms with van der Waals surface area (Å²) in [5.41, 5.74) is 4.39. The van der Waals surface area contributed by atoms with E-state index in [1.54, 1.807) is 28.9 Å². The molecule has 5 aromatic rings. The molecule has 154 valence electrons. The van der Waals surface area contributed by atoms with Crippen molar-refractivity contribution in [3.05, 3.63) is 132 Å². The third kappa shape index (κ3) is 3.61. The van der Waals surface area contributed by atoms with Crippen molar-refractivity contribution in [3.8, 4) is 0 Å². The number of ketones is 1. The van der Waals surface area contributed by atoms with Gasteiger partial charge in [-0.2, -0.15) is 0 Å². The first-order chi connectivity index (χ1) is 15.7. The van der Waals surface area contributed by atoms with Gasteiger partial charge in [0.2, 0.25) is 0 Å². The Morgan fingerprint density at radius 1 is 0.656 bits per heavy atom. The zero-order valence-corrected chi connectivity index (χ0v) is 17.0. The van der Waals surface area contributed by atoms with Crippen LogP contribution in [0.5, 0.6) is 0 Å². The second-order valence-corrected chi connectivity index (χ2v) is 7.28. The Labute approximate surface area is 184 Å². The number of hydrogen-bond donors (Lipinski definition) is 0. The molecule has 4 nitrogen and oxygen atoms in total. The number of benzene rings is 4. The number of fused-ring (bicyclic) bond motifs is 1. The van der Waals surface area contributed by atoms with Crippen LogP contribution in [0, 0.1) is 5.82 Å². The Bertz CT molecular complexity index is 1420. The second-order valence-electron chi connectivity index (χ2n) is 7.28. The minimum atomic E-state index is -0.354. The average molecular weight is 419 g/mol. The van der Waals surface area contributed by atoms with Crippen LogP contribution in [0.4, 0.5) is 4.39 Å². The van der Waals surface area contributed by atoms with Crippen molar-refractivity contribution >= 4 is 28.1 Å². The number of allylic oxidation sites excluding steroid dienone is 1. The molecule has 0 unspecified atom stereocenters. The van der Waals surface area contributed by atoms with E-state index in [0.717, 1.165) is 11.1 Å². The predicted octanol–water partition coefficient (Wildman–Crippen LogP) is 5.87. The van der Waals surface area contributed by atoms with Gasteiger partial charge in [0, 0.05) is 11.1 Å². The van der Waals surface area contributed by atoms with Crippen molar-refractivity contribution in [1.82, 2.24) is 15.0 Å². The lowest BCUT2D eigenvalue weighted by Gasteiger charge is -2.16. The van der Waals surface area contributed by atoms with Crippen LogP contribution < -0.4 is 0 Å². The SMILES string of the molecule is O=C(/C(=C(\c1ccc(F)cc1)n1nnc2ccccc21)c1ccccc1)c1ccccc1. The molecule has 0 saturated carbocycles. The van der Waals surface area contributed by atoms with E-state index in [2.05, 4.69) is 10.3 Å². The van der Waals surface area contributed by atoms with Crippen molar-refractivity contribution in [2.45, 2.75) is 0 Å². The van der Waals surface area contributed by atoms with Crippen LogP contribution in [-0.4, -0.2) is 20.8 Å². The Kier molecular flexibility index (Phi) is 5.14. The predicted molar refractivity (Wildman–Crippen MR) is 123 cm³/mol. The Hall–Kier alpha value is -4.38. The summed E-state index contributed by atoms with van der Waals surface area (Å²) in [4.78, 5) is 13.9. The van der Waals surface area contributed by atoms with Gasteiger partial charge in [-0.25, -0.2) is 9.07 Å². The van der Waals surface area contributed by atoms with Gasteiger partial charge in [-0.1, -0.05) is 78.0 Å². The number of aromatic nitrogens is 3. The van der Waals surface area contributed by atoms with Crippen molar-refractivity contribution < 1.29 is 9.18 Å². The van der Waals surface area contributed by atoms with Crippen LogP contribution in [-0.2, 0) is 0 Å². The maximum Gasteiger partial charge on any atom is 0.195 e. The monoisotopic (exact) mass is 419 g/mol. The van der Waals surface area contributed by atoms with Gasteiger partial charge >= 0.3 is 0 Å². The van der Waals surface area contributed by atoms with Crippen LogP contribution in [0.15, 0.2) is 109 Å². The molecular formula is C27H18FN3O. The van der Waals surface area contributed by atoms with Crippen molar-refractivity contribution in [2.75, 3.05) is 0 Å². The van der Waals surface area contributed by atoms with Crippen molar-refractivity contribution in [2.24, 2.45) is 0 Å². The molecule has 0 atom stereocenters. The second kappa shape index (κ2) is 8.40. The van der Waals surface area contributed by atoms with E-state index >= 15 is 0 Å². The van der Waals surface area contributed by atoms with Gasteiger partial charge in [-0.3, -0.25) is 4.79 Å². The van der Waals surface area contributed by atoms with Gasteiger partial charge in [0.05, 0.1) is 16.8 Å². The van der Waals surface area contributed by atoms with Gasteiger partial charge in [-0.05, 0) is 42.0 Å². The van der Waals surface area contributed by atoms with Gasteiger partial charge < -0.3 is 0 Å². The lowest BCUT2D eigenvalue weighted by Crippen LogP contribution is -2.12. The fourth-order valence-electron chi connectivity index (χ4n) is 3.73. The first-order valence-corrected chi connectivity index (χ1v) is 10.2. The van der Waals surface area contributed by atoms with Gasteiger partial charge in [-0.15, -0.1) is 5.10 Å². The zero-order valence-electron chi connectivity index (χ0n) is 17.0. The van der Waals surface area contributed by atoms with E-state index in [1.807, 2.05) is 72.8 Å². The number of hydrogen-bond acceptors (Lipinski definition) is 3. The molecule has 0 aliphatic rings. The van der Waals surface area contributed by atoms with Crippen LogP contribution in [0.3, 0.4) is 0 Å². The largest absolute Gasteiger partial charge is 0.289 e. The van der Waals surface area contributed by atoms with E-state index in [-0.39, 0.29) is 11.6 Å². The van der Waals surface area contributed by atoms with E-state index in [0.29, 0.717) is 27.9 Å². The van der Waals surface area contributed by atoms with Crippen molar-refractivity contribution in [1.29, 1.82) is 0 Å². The molecule has 0 aliphatic heterocycles. The Morgan fingerprint density at radius 3 is 1.94 bits per heavy atom. The van der Waals surface area contributed by atoms with Crippen LogP contribution in [0.2, 0.25) is 0 Å².